The van der Waals surface area contributed by atoms with Crippen molar-refractivity contribution >= 4 is 34.8 Å². The highest BCUT2D eigenvalue weighted by molar-refractivity contribution is 6.36. The molecule has 0 amide bonds. The maximum Gasteiger partial charge on any atom is 0.0849 e. The number of halogens is 3. The lowest BCUT2D eigenvalue weighted by Gasteiger charge is -2.13. The molecule has 2 aromatic rings. The van der Waals surface area contributed by atoms with E-state index < -0.39 is 0 Å². The molecule has 3 heteroatoms. The van der Waals surface area contributed by atoms with E-state index in [4.69, 9.17) is 34.8 Å². The van der Waals surface area contributed by atoms with E-state index in [1.54, 1.807) is 6.07 Å². The van der Waals surface area contributed by atoms with Crippen LogP contribution in [-0.4, -0.2) is 0 Å². The number of alkyl halides is 1. The molecule has 0 saturated heterocycles. The van der Waals surface area contributed by atoms with Crippen LogP contribution < -0.4 is 0 Å². The van der Waals surface area contributed by atoms with E-state index in [9.17, 15) is 0 Å². The Morgan fingerprint density at radius 1 is 0.950 bits per heavy atom. The molecule has 0 radical (unpaired) electrons. The van der Waals surface area contributed by atoms with E-state index in [1.165, 1.54) is 5.56 Å². The van der Waals surface area contributed by atoms with Gasteiger partial charge in [-0.1, -0.05) is 67.4 Å². The molecule has 2 rings (SSSR count). The molecule has 0 bridgehead atoms. The minimum Gasteiger partial charge on any atom is -0.113 e. The van der Waals surface area contributed by atoms with E-state index in [-0.39, 0.29) is 5.38 Å². The Morgan fingerprint density at radius 3 is 2.15 bits per heavy atom. The Labute approximate surface area is 135 Å². The van der Waals surface area contributed by atoms with Crippen molar-refractivity contribution in [3.05, 3.63) is 69.2 Å². The third kappa shape index (κ3) is 3.91. The van der Waals surface area contributed by atoms with Gasteiger partial charge in [-0.05, 0) is 41.2 Å². The van der Waals surface area contributed by atoms with Crippen molar-refractivity contribution < 1.29 is 0 Å². The van der Waals surface area contributed by atoms with E-state index in [2.05, 4.69) is 38.1 Å². The third-order valence-corrected chi connectivity index (χ3v) is 4.20. The zero-order valence-electron chi connectivity index (χ0n) is 11.5. The molecule has 0 saturated carbocycles. The van der Waals surface area contributed by atoms with Gasteiger partial charge in [0.05, 0.1) is 5.38 Å². The van der Waals surface area contributed by atoms with Crippen molar-refractivity contribution in [1.29, 1.82) is 0 Å². The van der Waals surface area contributed by atoms with Gasteiger partial charge in [0.1, 0.15) is 0 Å². The van der Waals surface area contributed by atoms with Crippen molar-refractivity contribution in [3.8, 4) is 0 Å². The Hall–Kier alpha value is -0.690. The molecule has 0 spiro atoms. The third-order valence-electron chi connectivity index (χ3n) is 3.15. The van der Waals surface area contributed by atoms with E-state index >= 15 is 0 Å². The van der Waals surface area contributed by atoms with Crippen LogP contribution in [0.4, 0.5) is 0 Å². The maximum absolute atomic E-state index is 6.52. The summed E-state index contributed by atoms with van der Waals surface area (Å²) < 4.78 is 0. The van der Waals surface area contributed by atoms with Gasteiger partial charge in [-0.2, -0.15) is 0 Å². The molecule has 0 nitrogen and oxygen atoms in total. The van der Waals surface area contributed by atoms with Gasteiger partial charge < -0.3 is 0 Å². The lowest BCUT2D eigenvalue weighted by molar-refractivity contribution is 0.647. The lowest BCUT2D eigenvalue weighted by atomic mass is 9.99. The molecule has 106 valence electrons. The van der Waals surface area contributed by atoms with Crippen LogP contribution in [0, 0.1) is 5.92 Å². The molecule has 0 aromatic heterocycles. The Bertz CT molecular complexity index is 573. The van der Waals surface area contributed by atoms with Crippen LogP contribution in [0.25, 0.3) is 0 Å². The predicted molar refractivity (Wildman–Crippen MR) is 89.1 cm³/mol. The van der Waals surface area contributed by atoms with Crippen molar-refractivity contribution in [3.63, 3.8) is 0 Å². The molecule has 20 heavy (non-hydrogen) atoms. The second-order valence-corrected chi connectivity index (χ2v) is 6.65. The summed E-state index contributed by atoms with van der Waals surface area (Å²) in [5, 5.41) is 0.964. The largest absolute Gasteiger partial charge is 0.113 e. The van der Waals surface area contributed by atoms with Gasteiger partial charge in [-0.15, -0.1) is 11.6 Å². The normalized spacial score (nSPS) is 12.7. The maximum atomic E-state index is 6.52. The Kier molecular flexibility index (Phi) is 5.37. The predicted octanol–water partition coefficient (Wildman–Crippen LogP) is 6.52. The number of hydrogen-bond donors (Lipinski definition) is 0. The fourth-order valence-corrected chi connectivity index (χ4v) is 3.09. The number of hydrogen-bond acceptors (Lipinski definition) is 0. The molecule has 0 aliphatic carbocycles. The summed E-state index contributed by atoms with van der Waals surface area (Å²) in [5.74, 6) is 0.651. The molecular weight excluding hydrogens is 311 g/mol. The molecular formula is C17H17Cl3. The van der Waals surface area contributed by atoms with Gasteiger partial charge in [0.2, 0.25) is 0 Å². The highest BCUT2D eigenvalue weighted by atomic mass is 35.5. The zero-order valence-corrected chi connectivity index (χ0v) is 13.8. The van der Waals surface area contributed by atoms with Gasteiger partial charge in [0.25, 0.3) is 0 Å². The monoisotopic (exact) mass is 326 g/mol. The van der Waals surface area contributed by atoms with E-state index in [1.807, 2.05) is 12.1 Å². The first kappa shape index (κ1) is 15.7. The van der Waals surface area contributed by atoms with Crippen molar-refractivity contribution in [2.24, 2.45) is 5.92 Å². The molecule has 0 fully saturated rings. The zero-order chi connectivity index (χ0) is 14.7. The fraction of sp³-hybridized carbons (Fsp3) is 0.294. The molecule has 0 N–H and O–H groups in total. The van der Waals surface area contributed by atoms with Crippen molar-refractivity contribution in [2.75, 3.05) is 0 Å². The average molecular weight is 328 g/mol. The van der Waals surface area contributed by atoms with Crippen LogP contribution in [0.2, 0.25) is 10.0 Å². The minimum atomic E-state index is -0.257. The minimum absolute atomic E-state index is 0.257. The SMILES string of the molecule is CC(C)Cc1ccc(C(Cl)c2ccc(Cl)cc2Cl)cc1. The van der Waals surface area contributed by atoms with E-state index in [0.29, 0.717) is 16.0 Å². The Morgan fingerprint density at radius 2 is 1.60 bits per heavy atom. The molecule has 1 unspecified atom stereocenters. The average Bonchev–Trinajstić information content (AvgIpc) is 2.38. The van der Waals surface area contributed by atoms with Crippen LogP contribution >= 0.6 is 34.8 Å². The van der Waals surface area contributed by atoms with Crippen molar-refractivity contribution in [2.45, 2.75) is 25.6 Å². The van der Waals surface area contributed by atoms with Gasteiger partial charge in [-0.25, -0.2) is 0 Å². The smallest absolute Gasteiger partial charge is 0.0849 e. The first-order valence-electron chi connectivity index (χ1n) is 6.65. The molecule has 0 aliphatic rings. The molecule has 1 atom stereocenters. The summed E-state index contributed by atoms with van der Waals surface area (Å²) in [4.78, 5) is 0. The highest BCUT2D eigenvalue weighted by Crippen LogP contribution is 2.35. The summed E-state index contributed by atoms with van der Waals surface area (Å²) >= 11 is 18.6. The summed E-state index contributed by atoms with van der Waals surface area (Å²) in [6.45, 7) is 4.43. The van der Waals surface area contributed by atoms with E-state index in [0.717, 1.165) is 17.5 Å². The highest BCUT2D eigenvalue weighted by Gasteiger charge is 2.14. The Balaban J connectivity index is 2.22. The van der Waals surface area contributed by atoms with Crippen LogP contribution in [0.15, 0.2) is 42.5 Å². The van der Waals surface area contributed by atoms with Gasteiger partial charge in [0, 0.05) is 10.0 Å². The topological polar surface area (TPSA) is 0 Å². The molecule has 2 aromatic carbocycles. The second-order valence-electron chi connectivity index (χ2n) is 5.37. The van der Waals surface area contributed by atoms with Crippen LogP contribution in [0.5, 0.6) is 0 Å². The quantitative estimate of drug-likeness (QED) is 0.561. The van der Waals surface area contributed by atoms with Gasteiger partial charge in [0.15, 0.2) is 0 Å². The summed E-state index contributed by atoms with van der Waals surface area (Å²) in [6, 6.07) is 13.8. The summed E-state index contributed by atoms with van der Waals surface area (Å²) in [6.07, 6.45) is 1.08. The molecule has 0 aliphatic heterocycles. The lowest BCUT2D eigenvalue weighted by Crippen LogP contribution is -1.97. The van der Waals surface area contributed by atoms with Crippen LogP contribution in [0.3, 0.4) is 0 Å². The van der Waals surface area contributed by atoms with Crippen LogP contribution in [0.1, 0.15) is 35.9 Å². The van der Waals surface area contributed by atoms with Crippen molar-refractivity contribution in [1.82, 2.24) is 0 Å². The summed E-state index contributed by atoms with van der Waals surface area (Å²) in [5.41, 5.74) is 3.26. The number of benzene rings is 2. The standard InChI is InChI=1S/C17H17Cl3/c1-11(2)9-12-3-5-13(6-4-12)17(20)15-8-7-14(18)10-16(15)19/h3-8,10-11,17H,9H2,1-2H3. The fourth-order valence-electron chi connectivity index (χ4n) is 2.18. The first-order chi connectivity index (χ1) is 9.47. The first-order valence-corrected chi connectivity index (χ1v) is 7.84. The van der Waals surface area contributed by atoms with Gasteiger partial charge >= 0.3 is 0 Å². The number of rotatable bonds is 4. The molecule has 0 heterocycles. The summed E-state index contributed by atoms with van der Waals surface area (Å²) in [7, 11) is 0. The second kappa shape index (κ2) is 6.85. The van der Waals surface area contributed by atoms with Crippen LogP contribution in [-0.2, 0) is 6.42 Å². The van der Waals surface area contributed by atoms with Gasteiger partial charge in [-0.3, -0.25) is 0 Å².